The molecule has 2 aromatic carbocycles. The minimum absolute atomic E-state index is 0.0261. The minimum atomic E-state index is -4.53. The van der Waals surface area contributed by atoms with E-state index < -0.39 is 44.3 Å². The number of rotatable bonds is 10. The number of hydrogen-bond donors (Lipinski definition) is 1. The second-order valence-corrected chi connectivity index (χ2v) is 10.8. The van der Waals surface area contributed by atoms with E-state index in [-0.39, 0.29) is 37.7 Å². The Labute approximate surface area is 214 Å². The first-order valence-electron chi connectivity index (χ1n) is 11.6. The number of sulfonamides is 1. The van der Waals surface area contributed by atoms with Gasteiger partial charge in [0, 0.05) is 31.1 Å². The van der Waals surface area contributed by atoms with Crippen molar-refractivity contribution in [2.75, 3.05) is 19.6 Å². The lowest BCUT2D eigenvalue weighted by atomic mass is 10.1. The molecule has 12 heteroatoms. The summed E-state index contributed by atoms with van der Waals surface area (Å²) in [6.07, 6.45) is 3.88. The highest BCUT2D eigenvalue weighted by Crippen LogP contribution is 2.32. The van der Waals surface area contributed by atoms with E-state index in [0.29, 0.717) is 23.6 Å². The predicted octanol–water partition coefficient (Wildman–Crippen LogP) is 4.07. The fourth-order valence-corrected chi connectivity index (χ4v) is 5.64. The summed E-state index contributed by atoms with van der Waals surface area (Å²) in [7, 11) is -4.53. The molecule has 1 saturated heterocycles. The molecule has 0 spiro atoms. The number of nitrogens with two attached hydrogens (primary N) is 1. The molecule has 1 aliphatic heterocycles. The van der Waals surface area contributed by atoms with Crippen LogP contribution in [-0.2, 0) is 19.6 Å². The maximum Gasteiger partial charge on any atom is 0.244 e. The van der Waals surface area contributed by atoms with Gasteiger partial charge in [-0.2, -0.15) is 4.31 Å². The number of hydrogen-bond acceptors (Lipinski definition) is 5. The fraction of sp³-hybridized carbons (Fsp3) is 0.417. The van der Waals surface area contributed by atoms with E-state index in [2.05, 4.69) is 6.92 Å². The van der Waals surface area contributed by atoms with Gasteiger partial charge in [0.1, 0.15) is 11.8 Å². The molecule has 1 heterocycles. The number of carbonyl (C=O) groups is 2. The molecule has 0 unspecified atom stereocenters. The molecule has 0 radical (unpaired) electrons. The Balaban J connectivity index is 1.79. The number of piperazine rings is 1. The summed E-state index contributed by atoms with van der Waals surface area (Å²) in [5.74, 6) is -4.36. The monoisotopic (exact) mass is 543 g/mol. The number of halogens is 3. The van der Waals surface area contributed by atoms with E-state index in [9.17, 15) is 26.8 Å². The molecule has 0 saturated carbocycles. The SMILES string of the molecule is CCCCCCC(=O)N1CCN(S(=O)(=O)c2cc(F)c(Oc3ccc(Cl)cc3)c(F)c2)[C@@H](C(N)=O)C1. The zero-order chi connectivity index (χ0) is 26.5. The lowest BCUT2D eigenvalue weighted by Crippen LogP contribution is -2.60. The van der Waals surface area contributed by atoms with E-state index >= 15 is 0 Å². The molecule has 0 bridgehead atoms. The number of primary amides is 1. The Hall–Kier alpha value is -2.76. The van der Waals surface area contributed by atoms with Crippen LogP contribution in [0.15, 0.2) is 41.3 Å². The average Bonchev–Trinajstić information content (AvgIpc) is 2.84. The first kappa shape index (κ1) is 27.8. The van der Waals surface area contributed by atoms with Crippen LogP contribution in [0.3, 0.4) is 0 Å². The Kier molecular flexibility index (Phi) is 9.26. The molecule has 2 aromatic rings. The largest absolute Gasteiger partial charge is 0.451 e. The highest BCUT2D eigenvalue weighted by atomic mass is 35.5. The minimum Gasteiger partial charge on any atom is -0.451 e. The smallest absolute Gasteiger partial charge is 0.244 e. The van der Waals surface area contributed by atoms with Crippen LogP contribution in [0.4, 0.5) is 8.78 Å². The van der Waals surface area contributed by atoms with Gasteiger partial charge in [-0.05, 0) is 42.8 Å². The van der Waals surface area contributed by atoms with Crippen molar-refractivity contribution >= 4 is 33.4 Å². The molecule has 196 valence electrons. The molecule has 1 aliphatic rings. The van der Waals surface area contributed by atoms with Gasteiger partial charge in [0.05, 0.1) is 4.90 Å². The van der Waals surface area contributed by atoms with Crippen LogP contribution in [-0.4, -0.2) is 55.1 Å². The van der Waals surface area contributed by atoms with Crippen LogP contribution in [0.2, 0.25) is 5.02 Å². The summed E-state index contributed by atoms with van der Waals surface area (Å²) in [4.78, 5) is 25.4. The molecule has 8 nitrogen and oxygen atoms in total. The van der Waals surface area contributed by atoms with Crippen molar-refractivity contribution in [3.63, 3.8) is 0 Å². The van der Waals surface area contributed by atoms with Crippen molar-refractivity contribution in [2.24, 2.45) is 5.73 Å². The van der Waals surface area contributed by atoms with Gasteiger partial charge in [0.25, 0.3) is 0 Å². The highest BCUT2D eigenvalue weighted by Gasteiger charge is 2.41. The number of benzene rings is 2. The lowest BCUT2D eigenvalue weighted by molar-refractivity contribution is -0.135. The summed E-state index contributed by atoms with van der Waals surface area (Å²) < 4.78 is 62.0. The molecule has 0 aromatic heterocycles. The van der Waals surface area contributed by atoms with Crippen LogP contribution < -0.4 is 10.5 Å². The Morgan fingerprint density at radius 2 is 1.72 bits per heavy atom. The Morgan fingerprint density at radius 1 is 1.08 bits per heavy atom. The summed E-state index contributed by atoms with van der Waals surface area (Å²) in [6.45, 7) is 1.60. The zero-order valence-corrected chi connectivity index (χ0v) is 21.3. The third-order valence-electron chi connectivity index (χ3n) is 5.87. The molecule has 3 rings (SSSR count). The quantitative estimate of drug-likeness (QED) is 0.454. The first-order valence-corrected chi connectivity index (χ1v) is 13.4. The Bertz CT molecular complexity index is 1190. The molecule has 1 fully saturated rings. The van der Waals surface area contributed by atoms with Gasteiger partial charge in [-0.3, -0.25) is 9.59 Å². The maximum atomic E-state index is 14.8. The van der Waals surface area contributed by atoms with Crippen molar-refractivity contribution in [2.45, 2.75) is 50.0 Å². The van der Waals surface area contributed by atoms with Gasteiger partial charge in [-0.1, -0.05) is 37.8 Å². The molecular formula is C24H28ClF2N3O5S. The van der Waals surface area contributed by atoms with E-state index in [1.807, 2.05) is 0 Å². The van der Waals surface area contributed by atoms with Crippen molar-refractivity contribution in [1.82, 2.24) is 9.21 Å². The van der Waals surface area contributed by atoms with E-state index in [1.54, 1.807) is 0 Å². The van der Waals surface area contributed by atoms with Gasteiger partial charge in [-0.25, -0.2) is 17.2 Å². The molecule has 1 atom stereocenters. The lowest BCUT2D eigenvalue weighted by Gasteiger charge is -2.39. The van der Waals surface area contributed by atoms with Gasteiger partial charge < -0.3 is 15.4 Å². The van der Waals surface area contributed by atoms with Crippen LogP contribution in [0, 0.1) is 11.6 Å². The third-order valence-corrected chi connectivity index (χ3v) is 8.01. The summed E-state index contributed by atoms with van der Waals surface area (Å²) in [5.41, 5.74) is 5.45. The first-order chi connectivity index (χ1) is 17.0. The number of ether oxygens (including phenoxy) is 1. The van der Waals surface area contributed by atoms with Crippen molar-refractivity contribution in [1.29, 1.82) is 0 Å². The number of amides is 2. The molecule has 36 heavy (non-hydrogen) atoms. The molecule has 0 aliphatic carbocycles. The van der Waals surface area contributed by atoms with Gasteiger partial charge in [0.15, 0.2) is 17.4 Å². The standard InChI is InChI=1S/C24H28ClF2N3O5S/c1-2-3-4-5-6-22(31)29-11-12-30(21(15-29)24(28)32)36(33,34)18-13-19(26)23(20(27)14-18)35-17-9-7-16(25)8-10-17/h7-10,13-14,21H,2-6,11-12,15H2,1H3,(H2,28,32)/t21-/m1/s1. The van der Waals surface area contributed by atoms with Crippen molar-refractivity contribution in [3.8, 4) is 11.5 Å². The van der Waals surface area contributed by atoms with Crippen LogP contribution >= 0.6 is 11.6 Å². The maximum absolute atomic E-state index is 14.8. The fourth-order valence-electron chi connectivity index (χ4n) is 3.91. The van der Waals surface area contributed by atoms with E-state index in [1.165, 1.54) is 29.2 Å². The zero-order valence-electron chi connectivity index (χ0n) is 19.8. The molecule has 2 N–H and O–H groups in total. The predicted molar refractivity (Wildman–Crippen MR) is 130 cm³/mol. The number of nitrogens with zero attached hydrogens (tertiary/aromatic N) is 2. The van der Waals surface area contributed by atoms with E-state index in [4.69, 9.17) is 22.1 Å². The van der Waals surface area contributed by atoms with Gasteiger partial charge >= 0.3 is 0 Å². The van der Waals surface area contributed by atoms with Gasteiger partial charge in [-0.15, -0.1) is 0 Å². The summed E-state index contributed by atoms with van der Waals surface area (Å²) >= 11 is 5.79. The van der Waals surface area contributed by atoms with Crippen molar-refractivity contribution < 1.29 is 31.5 Å². The normalized spacial score (nSPS) is 16.7. The average molecular weight is 544 g/mol. The van der Waals surface area contributed by atoms with Crippen LogP contribution in [0.25, 0.3) is 0 Å². The number of unbranched alkanes of at least 4 members (excludes halogenated alkanes) is 3. The van der Waals surface area contributed by atoms with Gasteiger partial charge in [0.2, 0.25) is 21.8 Å². The highest BCUT2D eigenvalue weighted by molar-refractivity contribution is 7.89. The summed E-state index contributed by atoms with van der Waals surface area (Å²) in [6, 6.07) is 5.58. The van der Waals surface area contributed by atoms with E-state index in [0.717, 1.165) is 23.6 Å². The van der Waals surface area contributed by atoms with Crippen LogP contribution in [0.5, 0.6) is 11.5 Å². The molecule has 2 amide bonds. The van der Waals surface area contributed by atoms with Crippen LogP contribution in [0.1, 0.15) is 39.0 Å². The van der Waals surface area contributed by atoms with Crippen molar-refractivity contribution in [3.05, 3.63) is 53.1 Å². The second kappa shape index (κ2) is 12.0. The second-order valence-electron chi connectivity index (χ2n) is 8.46. The molecular weight excluding hydrogens is 516 g/mol. The summed E-state index contributed by atoms with van der Waals surface area (Å²) in [5, 5.41) is 0.395. The third kappa shape index (κ3) is 6.51. The topological polar surface area (TPSA) is 110 Å². The number of carbonyl (C=O) groups excluding carboxylic acids is 2. The Morgan fingerprint density at radius 3 is 2.31 bits per heavy atom.